The lowest BCUT2D eigenvalue weighted by molar-refractivity contribution is -0.140. The fourth-order valence-electron chi connectivity index (χ4n) is 2.15. The molecule has 96 valence electrons. The first kappa shape index (κ1) is 12.9. The molecule has 0 radical (unpaired) electrons. The molecule has 0 saturated carbocycles. The Morgan fingerprint density at radius 1 is 1.06 bits per heavy atom. The van der Waals surface area contributed by atoms with Gasteiger partial charge in [0, 0.05) is 6.04 Å². The van der Waals surface area contributed by atoms with Crippen LogP contribution in [-0.4, -0.2) is 13.2 Å². The molecule has 1 nitrogen and oxygen atoms in total. The summed E-state index contributed by atoms with van der Waals surface area (Å²) in [5.74, 6) is 0. The van der Waals surface area contributed by atoms with Gasteiger partial charge < -0.3 is 5.32 Å². The van der Waals surface area contributed by atoms with E-state index in [1.54, 1.807) is 19.2 Å². The summed E-state index contributed by atoms with van der Waals surface area (Å²) >= 11 is 0. The summed E-state index contributed by atoms with van der Waals surface area (Å²) < 4.78 is 37.6. The maximum absolute atomic E-state index is 12.5. The molecule has 0 aliphatic heterocycles. The van der Waals surface area contributed by atoms with E-state index in [9.17, 15) is 13.2 Å². The zero-order valence-electron chi connectivity index (χ0n) is 9.96. The molecule has 2 aromatic rings. The van der Waals surface area contributed by atoms with Crippen molar-refractivity contribution < 1.29 is 13.2 Å². The molecule has 0 spiro atoms. The highest BCUT2D eigenvalue weighted by Crippen LogP contribution is 2.32. The number of benzene rings is 2. The molecule has 1 atom stereocenters. The molecule has 0 aliphatic carbocycles. The van der Waals surface area contributed by atoms with Crippen molar-refractivity contribution in [1.29, 1.82) is 0 Å². The van der Waals surface area contributed by atoms with Crippen LogP contribution in [0.3, 0.4) is 0 Å². The molecule has 0 fully saturated rings. The van der Waals surface area contributed by atoms with Crippen LogP contribution in [-0.2, 0) is 0 Å². The van der Waals surface area contributed by atoms with Gasteiger partial charge in [-0.05, 0) is 23.4 Å². The fraction of sp³-hybridized carbons (Fsp3) is 0.286. The van der Waals surface area contributed by atoms with Gasteiger partial charge in [-0.25, -0.2) is 0 Å². The Hall–Kier alpha value is -1.55. The number of hydrogen-bond donors (Lipinski definition) is 1. The number of halogens is 3. The minimum Gasteiger partial charge on any atom is -0.313 e. The lowest BCUT2D eigenvalue weighted by atomic mass is 9.97. The molecule has 2 rings (SSSR count). The second kappa shape index (κ2) is 4.98. The maximum Gasteiger partial charge on any atom is 0.390 e. The van der Waals surface area contributed by atoms with Crippen LogP contribution in [0.1, 0.15) is 18.0 Å². The van der Waals surface area contributed by atoms with Crippen molar-refractivity contribution in [3.8, 4) is 0 Å². The molecule has 2 aromatic carbocycles. The van der Waals surface area contributed by atoms with E-state index in [0.717, 1.165) is 10.8 Å². The van der Waals surface area contributed by atoms with Crippen molar-refractivity contribution in [1.82, 2.24) is 5.32 Å². The minimum atomic E-state index is -4.18. The Kier molecular flexibility index (Phi) is 3.57. The lowest BCUT2D eigenvalue weighted by Gasteiger charge is -2.20. The van der Waals surface area contributed by atoms with Gasteiger partial charge in [-0.15, -0.1) is 0 Å². The number of rotatable bonds is 3. The van der Waals surface area contributed by atoms with Crippen LogP contribution >= 0.6 is 0 Å². The van der Waals surface area contributed by atoms with Crippen LogP contribution < -0.4 is 5.32 Å². The quantitative estimate of drug-likeness (QED) is 0.870. The van der Waals surface area contributed by atoms with Crippen molar-refractivity contribution in [3.05, 3.63) is 48.0 Å². The van der Waals surface area contributed by atoms with Crippen molar-refractivity contribution in [2.45, 2.75) is 18.6 Å². The van der Waals surface area contributed by atoms with Crippen molar-refractivity contribution in [2.24, 2.45) is 0 Å². The van der Waals surface area contributed by atoms with Crippen LogP contribution in [0, 0.1) is 0 Å². The topological polar surface area (TPSA) is 12.0 Å². The molecule has 0 heterocycles. The molecule has 18 heavy (non-hydrogen) atoms. The summed E-state index contributed by atoms with van der Waals surface area (Å²) in [5.41, 5.74) is 0.688. The molecular formula is C14H14F3N. The number of fused-ring (bicyclic) bond motifs is 1. The van der Waals surface area contributed by atoms with Gasteiger partial charge in [0.2, 0.25) is 0 Å². The van der Waals surface area contributed by atoms with Gasteiger partial charge in [0.1, 0.15) is 0 Å². The second-order valence-corrected chi connectivity index (χ2v) is 4.23. The van der Waals surface area contributed by atoms with Crippen LogP contribution in [0.25, 0.3) is 10.8 Å². The molecule has 0 aliphatic rings. The summed E-state index contributed by atoms with van der Waals surface area (Å²) in [6.45, 7) is 0. The van der Waals surface area contributed by atoms with E-state index in [4.69, 9.17) is 0 Å². The summed E-state index contributed by atoms with van der Waals surface area (Å²) in [6, 6.07) is 12.2. The summed E-state index contributed by atoms with van der Waals surface area (Å²) in [7, 11) is 1.55. The van der Waals surface area contributed by atoms with Crippen LogP contribution in [0.15, 0.2) is 42.5 Å². The SMILES string of the molecule is CNC(CC(F)(F)F)c1cccc2ccccc12. The Balaban J connectivity index is 2.45. The van der Waals surface area contributed by atoms with Crippen molar-refractivity contribution in [3.63, 3.8) is 0 Å². The zero-order valence-corrected chi connectivity index (χ0v) is 9.96. The molecule has 0 bridgehead atoms. The molecule has 1 N–H and O–H groups in total. The first-order valence-corrected chi connectivity index (χ1v) is 5.73. The van der Waals surface area contributed by atoms with Gasteiger partial charge in [0.05, 0.1) is 6.42 Å². The molecule has 0 amide bonds. The van der Waals surface area contributed by atoms with Gasteiger partial charge in [0.25, 0.3) is 0 Å². The number of alkyl halides is 3. The average molecular weight is 253 g/mol. The summed E-state index contributed by atoms with van der Waals surface area (Å²) in [5, 5.41) is 4.57. The second-order valence-electron chi connectivity index (χ2n) is 4.23. The third-order valence-corrected chi connectivity index (χ3v) is 2.98. The first-order chi connectivity index (χ1) is 8.51. The number of nitrogens with one attached hydrogen (secondary N) is 1. The smallest absolute Gasteiger partial charge is 0.313 e. The van der Waals surface area contributed by atoms with Gasteiger partial charge >= 0.3 is 6.18 Å². The minimum absolute atomic E-state index is 0.688. The monoisotopic (exact) mass is 253 g/mol. The van der Waals surface area contributed by atoms with E-state index in [-0.39, 0.29) is 0 Å². The van der Waals surface area contributed by atoms with Gasteiger partial charge in [-0.2, -0.15) is 13.2 Å². The fourth-order valence-corrected chi connectivity index (χ4v) is 2.15. The summed E-state index contributed by atoms with van der Waals surface area (Å²) in [4.78, 5) is 0. The lowest BCUT2D eigenvalue weighted by Crippen LogP contribution is -2.23. The normalized spacial score (nSPS) is 13.8. The summed E-state index contributed by atoms with van der Waals surface area (Å²) in [6.07, 6.45) is -5.04. The molecule has 1 unspecified atom stereocenters. The van der Waals surface area contributed by atoms with E-state index < -0.39 is 18.6 Å². The first-order valence-electron chi connectivity index (χ1n) is 5.73. The Morgan fingerprint density at radius 3 is 2.39 bits per heavy atom. The van der Waals surface area contributed by atoms with Crippen molar-refractivity contribution in [2.75, 3.05) is 7.05 Å². The highest BCUT2D eigenvalue weighted by atomic mass is 19.4. The maximum atomic E-state index is 12.5. The van der Waals surface area contributed by atoms with E-state index in [2.05, 4.69) is 5.32 Å². The number of hydrogen-bond acceptors (Lipinski definition) is 1. The van der Waals surface area contributed by atoms with E-state index in [1.807, 2.05) is 30.3 Å². The van der Waals surface area contributed by atoms with E-state index >= 15 is 0 Å². The largest absolute Gasteiger partial charge is 0.390 e. The zero-order chi connectivity index (χ0) is 13.2. The molecule has 0 saturated heterocycles. The van der Waals surface area contributed by atoms with Gasteiger partial charge in [-0.1, -0.05) is 42.5 Å². The standard InChI is InChI=1S/C14H14F3N/c1-18-13(9-14(15,16)17)12-8-4-6-10-5-2-3-7-11(10)12/h2-8,13,18H,9H2,1H3. The molecular weight excluding hydrogens is 239 g/mol. The van der Waals surface area contributed by atoms with E-state index in [0.29, 0.717) is 5.56 Å². The third-order valence-electron chi connectivity index (χ3n) is 2.98. The average Bonchev–Trinajstić information content (AvgIpc) is 2.34. The van der Waals surface area contributed by atoms with Crippen LogP contribution in [0.5, 0.6) is 0 Å². The van der Waals surface area contributed by atoms with Gasteiger partial charge in [0.15, 0.2) is 0 Å². The Morgan fingerprint density at radius 2 is 1.72 bits per heavy atom. The van der Waals surface area contributed by atoms with Crippen LogP contribution in [0.4, 0.5) is 13.2 Å². The van der Waals surface area contributed by atoms with Gasteiger partial charge in [-0.3, -0.25) is 0 Å². The highest BCUT2D eigenvalue weighted by Gasteiger charge is 2.32. The molecule has 4 heteroatoms. The highest BCUT2D eigenvalue weighted by molar-refractivity contribution is 5.86. The van der Waals surface area contributed by atoms with Crippen molar-refractivity contribution >= 4 is 10.8 Å². The Bertz CT molecular complexity index is 529. The van der Waals surface area contributed by atoms with Crippen LogP contribution in [0.2, 0.25) is 0 Å². The third kappa shape index (κ3) is 2.82. The molecule has 0 aromatic heterocycles. The Labute approximate surface area is 104 Å². The predicted molar refractivity (Wildman–Crippen MR) is 66.4 cm³/mol. The van der Waals surface area contributed by atoms with E-state index in [1.165, 1.54) is 0 Å². The predicted octanol–water partition coefficient (Wildman–Crippen LogP) is 4.05.